The van der Waals surface area contributed by atoms with E-state index in [0.717, 1.165) is 31.6 Å². The number of oxazole rings is 1. The maximum atomic E-state index is 13.3. The lowest BCUT2D eigenvalue weighted by Gasteiger charge is -2.25. The summed E-state index contributed by atoms with van der Waals surface area (Å²) < 4.78 is 16.9. The second-order valence-electron chi connectivity index (χ2n) is 8.37. The molecule has 2 aromatic carbocycles. The molecule has 0 bridgehead atoms. The number of amides is 1. The van der Waals surface area contributed by atoms with Gasteiger partial charge in [-0.25, -0.2) is 0 Å². The van der Waals surface area contributed by atoms with Crippen LogP contribution in [0.3, 0.4) is 0 Å². The highest BCUT2D eigenvalue weighted by atomic mass is 16.5. The van der Waals surface area contributed by atoms with E-state index in [-0.39, 0.29) is 5.91 Å². The molecule has 0 spiro atoms. The lowest BCUT2D eigenvalue weighted by molar-refractivity contribution is 0.0720. The Labute approximate surface area is 188 Å². The molecule has 0 radical (unpaired) electrons. The molecule has 2 heterocycles. The molecule has 1 aliphatic rings. The molecule has 32 heavy (non-hydrogen) atoms. The summed E-state index contributed by atoms with van der Waals surface area (Å²) in [6.45, 7) is 7.64. The maximum Gasteiger partial charge on any atom is 0.296 e. The largest absolute Gasteiger partial charge is 0.493 e. The third-order valence-electron chi connectivity index (χ3n) is 5.73. The zero-order valence-corrected chi connectivity index (χ0v) is 19.0. The van der Waals surface area contributed by atoms with Gasteiger partial charge in [0.25, 0.3) is 11.9 Å². The summed E-state index contributed by atoms with van der Waals surface area (Å²) >= 11 is 0. The predicted molar refractivity (Wildman–Crippen MR) is 124 cm³/mol. The van der Waals surface area contributed by atoms with Crippen molar-refractivity contribution in [2.24, 2.45) is 5.92 Å². The summed E-state index contributed by atoms with van der Waals surface area (Å²) in [5.74, 6) is 0.874. The number of anilines is 1. The van der Waals surface area contributed by atoms with Gasteiger partial charge in [-0.1, -0.05) is 36.8 Å². The molecule has 0 aliphatic carbocycles. The molecule has 4 rings (SSSR count). The number of carbonyl (C=O) groups is 1. The zero-order valence-electron chi connectivity index (χ0n) is 19.0. The number of carbonyl (C=O) groups excluding carboxylic acids is 1. The molecule has 3 aromatic rings. The molecular weight excluding hydrogens is 406 g/mol. The third kappa shape index (κ3) is 5.05. The van der Waals surface area contributed by atoms with Crippen LogP contribution >= 0.6 is 0 Å². The second-order valence-corrected chi connectivity index (χ2v) is 8.37. The standard InChI is InChI=1S/C25H31N3O4/c1-4-9-28(15-19-8-10-31-16-19)24(29)20-12-21-23(22(13-20)30-3)32-25(27-21)26-14-18-7-5-6-17(2)11-18/h5-7,11-13,19H,4,8-10,14-16H2,1-3H3,(H,26,27). The molecule has 1 saturated heterocycles. The number of fused-ring (bicyclic) bond motifs is 1. The van der Waals surface area contributed by atoms with Crippen LogP contribution in [0.5, 0.6) is 5.75 Å². The van der Waals surface area contributed by atoms with Gasteiger partial charge >= 0.3 is 0 Å². The van der Waals surface area contributed by atoms with Crippen LogP contribution < -0.4 is 10.1 Å². The van der Waals surface area contributed by atoms with Crippen LogP contribution in [-0.2, 0) is 11.3 Å². The van der Waals surface area contributed by atoms with Gasteiger partial charge in [-0.05, 0) is 37.5 Å². The van der Waals surface area contributed by atoms with E-state index in [9.17, 15) is 4.79 Å². The van der Waals surface area contributed by atoms with E-state index in [1.54, 1.807) is 19.2 Å². The Kier molecular flexibility index (Phi) is 6.95. The molecule has 1 N–H and O–H groups in total. The summed E-state index contributed by atoms with van der Waals surface area (Å²) in [5, 5.41) is 3.23. The van der Waals surface area contributed by atoms with Crippen LogP contribution in [0.25, 0.3) is 11.1 Å². The highest BCUT2D eigenvalue weighted by molar-refractivity contribution is 5.99. The third-order valence-corrected chi connectivity index (χ3v) is 5.73. The van der Waals surface area contributed by atoms with Crippen molar-refractivity contribution in [3.8, 4) is 5.75 Å². The van der Waals surface area contributed by atoms with Crippen molar-refractivity contribution in [2.75, 3.05) is 38.7 Å². The van der Waals surface area contributed by atoms with E-state index in [1.165, 1.54) is 5.56 Å². The van der Waals surface area contributed by atoms with Gasteiger partial charge in [0.2, 0.25) is 0 Å². The summed E-state index contributed by atoms with van der Waals surface area (Å²) in [6, 6.07) is 12.2. The van der Waals surface area contributed by atoms with Crippen LogP contribution in [0.4, 0.5) is 6.01 Å². The van der Waals surface area contributed by atoms with Gasteiger partial charge in [0.05, 0.1) is 13.7 Å². The lowest BCUT2D eigenvalue weighted by atomic mass is 10.1. The first-order valence-electron chi connectivity index (χ1n) is 11.2. The zero-order chi connectivity index (χ0) is 22.5. The number of ether oxygens (including phenoxy) is 2. The van der Waals surface area contributed by atoms with Gasteiger partial charge < -0.3 is 24.1 Å². The number of methoxy groups -OCH3 is 1. The van der Waals surface area contributed by atoms with Gasteiger partial charge in [-0.3, -0.25) is 4.79 Å². The minimum atomic E-state index is -0.0174. The number of rotatable bonds is 9. The van der Waals surface area contributed by atoms with Crippen molar-refractivity contribution in [2.45, 2.75) is 33.2 Å². The molecule has 170 valence electrons. The molecule has 7 nitrogen and oxygen atoms in total. The monoisotopic (exact) mass is 437 g/mol. The summed E-state index contributed by atoms with van der Waals surface area (Å²) in [6.07, 6.45) is 1.89. The van der Waals surface area contributed by atoms with Crippen molar-refractivity contribution in [3.63, 3.8) is 0 Å². The van der Waals surface area contributed by atoms with E-state index in [0.29, 0.717) is 54.0 Å². The van der Waals surface area contributed by atoms with Gasteiger partial charge in [-0.15, -0.1) is 0 Å². The summed E-state index contributed by atoms with van der Waals surface area (Å²) in [5.41, 5.74) is 4.02. The Morgan fingerprint density at radius 3 is 2.91 bits per heavy atom. The van der Waals surface area contributed by atoms with E-state index in [2.05, 4.69) is 42.3 Å². The van der Waals surface area contributed by atoms with Crippen molar-refractivity contribution < 1.29 is 18.7 Å². The second kappa shape index (κ2) is 10.0. The highest BCUT2D eigenvalue weighted by Gasteiger charge is 2.24. The quantitative estimate of drug-likeness (QED) is 0.525. The van der Waals surface area contributed by atoms with E-state index < -0.39 is 0 Å². The van der Waals surface area contributed by atoms with E-state index in [1.807, 2.05) is 11.0 Å². The van der Waals surface area contributed by atoms with E-state index >= 15 is 0 Å². The normalized spacial score (nSPS) is 15.8. The van der Waals surface area contributed by atoms with Gasteiger partial charge in [0.1, 0.15) is 5.52 Å². The number of benzene rings is 2. The molecule has 1 aromatic heterocycles. The number of aromatic nitrogens is 1. The fourth-order valence-electron chi connectivity index (χ4n) is 4.12. The molecule has 1 aliphatic heterocycles. The van der Waals surface area contributed by atoms with Gasteiger partial charge in [0.15, 0.2) is 11.3 Å². The molecule has 1 unspecified atom stereocenters. The summed E-state index contributed by atoms with van der Waals surface area (Å²) in [7, 11) is 1.57. The van der Waals surface area contributed by atoms with Crippen LogP contribution in [0.15, 0.2) is 40.8 Å². The number of hydrogen-bond acceptors (Lipinski definition) is 6. The average Bonchev–Trinajstić information content (AvgIpc) is 3.45. The minimum Gasteiger partial charge on any atom is -0.493 e. The van der Waals surface area contributed by atoms with Crippen LogP contribution in [-0.4, -0.2) is 49.2 Å². The number of nitrogens with one attached hydrogen (secondary N) is 1. The summed E-state index contributed by atoms with van der Waals surface area (Å²) in [4.78, 5) is 19.8. The van der Waals surface area contributed by atoms with Crippen LogP contribution in [0, 0.1) is 12.8 Å². The Balaban J connectivity index is 1.55. The van der Waals surface area contributed by atoms with Gasteiger partial charge in [-0.2, -0.15) is 4.98 Å². The molecule has 0 saturated carbocycles. The fraction of sp³-hybridized carbons (Fsp3) is 0.440. The predicted octanol–water partition coefficient (Wildman–Crippen LogP) is 4.65. The first-order chi connectivity index (χ1) is 15.6. The minimum absolute atomic E-state index is 0.0174. The van der Waals surface area contributed by atoms with Gasteiger partial charge in [0, 0.05) is 37.7 Å². The smallest absolute Gasteiger partial charge is 0.296 e. The van der Waals surface area contributed by atoms with Crippen molar-refractivity contribution in [1.29, 1.82) is 0 Å². The Morgan fingerprint density at radius 2 is 2.19 bits per heavy atom. The number of hydrogen-bond donors (Lipinski definition) is 1. The first kappa shape index (κ1) is 22.1. The SMILES string of the molecule is CCCN(CC1CCOC1)C(=O)c1cc(OC)c2oc(NCc3cccc(C)c3)nc2c1. The molecule has 1 amide bonds. The molecule has 1 fully saturated rings. The fourth-order valence-corrected chi connectivity index (χ4v) is 4.12. The topological polar surface area (TPSA) is 76.8 Å². The molecule has 7 heteroatoms. The first-order valence-corrected chi connectivity index (χ1v) is 11.2. The van der Waals surface area contributed by atoms with E-state index in [4.69, 9.17) is 13.9 Å². The van der Waals surface area contributed by atoms with Crippen molar-refractivity contribution >= 4 is 23.0 Å². The highest BCUT2D eigenvalue weighted by Crippen LogP contribution is 2.31. The van der Waals surface area contributed by atoms with Crippen LogP contribution in [0.1, 0.15) is 41.3 Å². The Morgan fingerprint density at radius 1 is 1.31 bits per heavy atom. The maximum absolute atomic E-state index is 13.3. The molecular formula is C25H31N3O4. The Bertz CT molecular complexity index is 1070. The number of nitrogens with zero attached hydrogens (tertiary/aromatic N) is 2. The number of aryl methyl sites for hydroxylation is 1. The van der Waals surface area contributed by atoms with Crippen molar-refractivity contribution in [3.05, 3.63) is 53.1 Å². The Hall–Kier alpha value is -3.06. The average molecular weight is 438 g/mol. The van der Waals surface area contributed by atoms with Crippen molar-refractivity contribution in [1.82, 2.24) is 9.88 Å². The van der Waals surface area contributed by atoms with Crippen LogP contribution in [0.2, 0.25) is 0 Å². The lowest BCUT2D eigenvalue weighted by Crippen LogP contribution is -2.36. The molecule has 1 atom stereocenters.